The Labute approximate surface area is 334 Å². The van der Waals surface area contributed by atoms with E-state index in [0.29, 0.717) is 42.3 Å². The third-order valence-electron chi connectivity index (χ3n) is 9.28. The first-order valence-corrected chi connectivity index (χ1v) is 19.5. The average molecular weight is 786 g/mol. The molecule has 15 nitrogen and oxygen atoms in total. The van der Waals surface area contributed by atoms with Gasteiger partial charge in [0.15, 0.2) is 0 Å². The Hall–Kier alpha value is -5.99. The number of anilines is 3. The lowest BCUT2D eigenvalue weighted by atomic mass is 9.98. The Kier molecular flexibility index (Phi) is 17.8. The largest absolute Gasteiger partial charge is 0.511 e. The van der Waals surface area contributed by atoms with Crippen LogP contribution in [0.15, 0.2) is 76.8 Å². The molecule has 1 saturated carbocycles. The maximum Gasteiger partial charge on any atom is 0.511 e. The molecule has 57 heavy (non-hydrogen) atoms. The molecule has 0 saturated heterocycles. The number of aliphatic imine (C=N–C) groups is 2. The van der Waals surface area contributed by atoms with E-state index in [0.717, 1.165) is 69.2 Å². The summed E-state index contributed by atoms with van der Waals surface area (Å²) in [4.78, 5) is 66.6. The zero-order valence-corrected chi connectivity index (χ0v) is 33.2. The van der Waals surface area contributed by atoms with Gasteiger partial charge in [-0.05, 0) is 93.4 Å². The van der Waals surface area contributed by atoms with Gasteiger partial charge in [0.1, 0.15) is 17.8 Å². The number of ether oxygens (including phenoxy) is 4. The second-order valence-corrected chi connectivity index (χ2v) is 13.7. The lowest BCUT2D eigenvalue weighted by Gasteiger charge is -2.24. The number of hydrogen-bond acceptors (Lipinski definition) is 12. The van der Waals surface area contributed by atoms with Crippen LogP contribution in [0, 0.1) is 0 Å². The van der Waals surface area contributed by atoms with Crippen molar-refractivity contribution in [1.82, 2.24) is 4.98 Å². The van der Waals surface area contributed by atoms with Crippen molar-refractivity contribution in [3.05, 3.63) is 78.0 Å². The quantitative estimate of drug-likeness (QED) is 0.0283. The molecule has 1 aliphatic carbocycles. The molecular formula is C42H55N7O8. The summed E-state index contributed by atoms with van der Waals surface area (Å²) in [5.41, 5.74) is 9.04. The van der Waals surface area contributed by atoms with Gasteiger partial charge in [0.2, 0.25) is 6.29 Å². The van der Waals surface area contributed by atoms with Gasteiger partial charge in [-0.15, -0.1) is 0 Å². The number of carbonyl (C=O) groups is 4. The van der Waals surface area contributed by atoms with Gasteiger partial charge in [-0.25, -0.2) is 14.6 Å². The lowest BCUT2D eigenvalue weighted by Crippen LogP contribution is -2.34. The van der Waals surface area contributed by atoms with E-state index in [4.69, 9.17) is 24.7 Å². The number of benzene rings is 2. The number of nitrogens with zero attached hydrogens (tertiary/aromatic N) is 5. The summed E-state index contributed by atoms with van der Waals surface area (Å²) in [5.74, 6) is -0.646. The Morgan fingerprint density at radius 3 is 2.42 bits per heavy atom. The molecule has 0 spiro atoms. The second-order valence-electron chi connectivity index (χ2n) is 13.7. The van der Waals surface area contributed by atoms with E-state index in [9.17, 15) is 19.2 Å². The van der Waals surface area contributed by atoms with Crippen molar-refractivity contribution < 1.29 is 38.1 Å². The van der Waals surface area contributed by atoms with Gasteiger partial charge in [0.25, 0.3) is 5.91 Å². The van der Waals surface area contributed by atoms with Crippen LogP contribution in [0.25, 0.3) is 0 Å². The van der Waals surface area contributed by atoms with Crippen LogP contribution in [0.4, 0.5) is 32.5 Å². The zero-order chi connectivity index (χ0) is 41.0. The highest BCUT2D eigenvalue weighted by Crippen LogP contribution is 2.30. The molecule has 1 atom stereocenters. The summed E-state index contributed by atoms with van der Waals surface area (Å²) < 4.78 is 20.9. The number of amidine groups is 1. The molecule has 1 heterocycles. The molecule has 306 valence electrons. The molecule has 0 radical (unpaired) electrons. The van der Waals surface area contributed by atoms with Crippen molar-refractivity contribution in [2.24, 2.45) is 15.7 Å². The van der Waals surface area contributed by atoms with Crippen molar-refractivity contribution in [3.8, 4) is 0 Å². The molecule has 15 heteroatoms. The van der Waals surface area contributed by atoms with Crippen LogP contribution in [0.2, 0.25) is 0 Å². The van der Waals surface area contributed by atoms with E-state index < -0.39 is 30.4 Å². The highest BCUT2D eigenvalue weighted by molar-refractivity contribution is 6.07. The van der Waals surface area contributed by atoms with Crippen LogP contribution in [-0.4, -0.2) is 87.3 Å². The first kappa shape index (κ1) is 43.7. The maximum atomic E-state index is 13.9. The van der Waals surface area contributed by atoms with Gasteiger partial charge in [-0.2, -0.15) is 4.99 Å². The monoisotopic (exact) mass is 785 g/mol. The Morgan fingerprint density at radius 1 is 0.965 bits per heavy atom. The van der Waals surface area contributed by atoms with Gasteiger partial charge in [-0.1, -0.05) is 38.7 Å². The SMILES string of the molecule is C=Nc1cc(C(=O)N(CCC(=O)OC(C)OC(=O)OC2CCCCC2)c2ccccn2)ccc1N(C)CCNc1ccc(/C(N)=N/C(=O)OCCCCCC)cc1. The number of likely N-dealkylation sites (N-methyl/N-ethyl adjacent to an activating group) is 1. The van der Waals surface area contributed by atoms with E-state index in [1.165, 1.54) is 11.8 Å². The molecule has 1 aliphatic rings. The number of aromatic nitrogens is 1. The second kappa shape index (κ2) is 23.2. The summed E-state index contributed by atoms with van der Waals surface area (Å²) in [5, 5.41) is 3.36. The topological polar surface area (TPSA) is 187 Å². The van der Waals surface area contributed by atoms with Crippen molar-refractivity contribution in [2.75, 3.05) is 48.4 Å². The normalized spacial score (nSPS) is 13.5. The zero-order valence-electron chi connectivity index (χ0n) is 33.2. The third kappa shape index (κ3) is 14.5. The summed E-state index contributed by atoms with van der Waals surface area (Å²) in [6, 6.07) is 17.5. The minimum atomic E-state index is -1.17. The molecule has 2 aromatic carbocycles. The van der Waals surface area contributed by atoms with Crippen LogP contribution in [0.1, 0.15) is 94.0 Å². The summed E-state index contributed by atoms with van der Waals surface area (Å²) >= 11 is 0. The smallest absolute Gasteiger partial charge is 0.448 e. The maximum absolute atomic E-state index is 13.9. The van der Waals surface area contributed by atoms with Crippen LogP contribution in [0.5, 0.6) is 0 Å². The van der Waals surface area contributed by atoms with Crippen LogP contribution in [-0.2, 0) is 23.7 Å². The first-order valence-electron chi connectivity index (χ1n) is 19.5. The number of amides is 2. The van der Waals surface area contributed by atoms with Crippen molar-refractivity contribution in [2.45, 2.75) is 90.4 Å². The fourth-order valence-electron chi connectivity index (χ4n) is 6.18. The van der Waals surface area contributed by atoms with Crippen molar-refractivity contribution in [1.29, 1.82) is 0 Å². The highest BCUT2D eigenvalue weighted by Gasteiger charge is 2.24. The van der Waals surface area contributed by atoms with Crippen molar-refractivity contribution in [3.63, 3.8) is 0 Å². The van der Waals surface area contributed by atoms with Gasteiger partial charge < -0.3 is 34.9 Å². The average Bonchev–Trinajstić information content (AvgIpc) is 3.21. The van der Waals surface area contributed by atoms with E-state index in [2.05, 4.69) is 33.9 Å². The summed E-state index contributed by atoms with van der Waals surface area (Å²) in [7, 11) is 1.91. The number of carbonyl (C=O) groups excluding carboxylic acids is 4. The highest BCUT2D eigenvalue weighted by atomic mass is 16.8. The van der Waals surface area contributed by atoms with Crippen LogP contribution < -0.4 is 20.9 Å². The molecule has 1 unspecified atom stereocenters. The van der Waals surface area contributed by atoms with E-state index >= 15 is 0 Å². The van der Waals surface area contributed by atoms with E-state index in [1.807, 2.05) is 24.1 Å². The molecule has 0 aliphatic heterocycles. The van der Waals surface area contributed by atoms with Crippen molar-refractivity contribution >= 4 is 59.6 Å². The molecular weight excluding hydrogens is 731 g/mol. The molecule has 3 N–H and O–H groups in total. The lowest BCUT2D eigenvalue weighted by molar-refractivity contribution is -0.168. The van der Waals surface area contributed by atoms with Gasteiger partial charge in [0, 0.05) is 56.6 Å². The van der Waals surface area contributed by atoms with Crippen LogP contribution in [0.3, 0.4) is 0 Å². The number of nitrogens with two attached hydrogens (primary N) is 1. The standard InChI is InChI=1S/C42H55N7O8/c1-5-6-7-13-28-54-41(52)47-39(43)31-17-20-33(21-18-31)45-25-27-48(4)36-22-19-32(29-35(36)44-3)40(51)49(37-16-11-12-24-46-37)26-23-38(50)55-30(2)56-42(53)57-34-14-9-8-10-15-34/h11-12,16-22,24,29-30,34,45H,3,5-10,13-15,23,25-28H2,1-2,4H3,(H2,43,47,52). The molecule has 3 aromatic rings. The fraction of sp³-hybridized carbons (Fsp3) is 0.452. The van der Waals surface area contributed by atoms with Gasteiger partial charge in [0.05, 0.1) is 24.4 Å². The van der Waals surface area contributed by atoms with E-state index in [-0.39, 0.29) is 24.9 Å². The third-order valence-corrected chi connectivity index (χ3v) is 9.28. The number of hydrogen-bond donors (Lipinski definition) is 2. The fourth-order valence-corrected chi connectivity index (χ4v) is 6.18. The number of pyridine rings is 1. The molecule has 1 fully saturated rings. The van der Waals surface area contributed by atoms with E-state index in [1.54, 1.807) is 54.7 Å². The Morgan fingerprint density at radius 2 is 1.72 bits per heavy atom. The Bertz CT molecular complexity index is 1800. The minimum Gasteiger partial charge on any atom is -0.448 e. The number of esters is 1. The Balaban J connectivity index is 1.30. The number of nitrogens with one attached hydrogen (secondary N) is 1. The molecule has 1 aromatic heterocycles. The summed E-state index contributed by atoms with van der Waals surface area (Å²) in [6.07, 6.45) is 7.11. The predicted octanol–water partition coefficient (Wildman–Crippen LogP) is 7.80. The molecule has 0 bridgehead atoms. The van der Waals surface area contributed by atoms with Gasteiger partial charge >= 0.3 is 18.2 Å². The first-order chi connectivity index (χ1) is 27.6. The molecule has 2 amide bonds. The van der Waals surface area contributed by atoms with Gasteiger partial charge in [-0.3, -0.25) is 19.5 Å². The minimum absolute atomic E-state index is 0.0514. The predicted molar refractivity (Wildman–Crippen MR) is 221 cm³/mol. The number of unbranched alkanes of at least 4 members (excludes halogenated alkanes) is 3. The van der Waals surface area contributed by atoms with Crippen LogP contribution >= 0.6 is 0 Å². The molecule has 4 rings (SSSR count). The number of rotatable bonds is 20. The summed E-state index contributed by atoms with van der Waals surface area (Å²) in [6.45, 7) is 8.69.